The number of rotatable bonds is 4. The summed E-state index contributed by atoms with van der Waals surface area (Å²) in [4.78, 5) is -0.348. The number of piperidine rings is 1. The van der Waals surface area contributed by atoms with Crippen LogP contribution in [0.5, 0.6) is 0 Å². The zero-order chi connectivity index (χ0) is 15.8. The Hall–Kier alpha value is -1.17. The number of sulfonamides is 1. The number of hydrogen-bond acceptors (Lipinski definition) is 5. The van der Waals surface area contributed by atoms with Gasteiger partial charge in [0.1, 0.15) is 4.90 Å². The van der Waals surface area contributed by atoms with Gasteiger partial charge in [0.15, 0.2) is 5.82 Å². The topological polar surface area (TPSA) is 127 Å². The molecule has 1 aliphatic heterocycles. The van der Waals surface area contributed by atoms with Gasteiger partial charge in [-0.25, -0.2) is 13.6 Å². The van der Waals surface area contributed by atoms with E-state index in [9.17, 15) is 16.8 Å². The fourth-order valence-electron chi connectivity index (χ4n) is 2.16. The molecule has 0 aromatic carbocycles. The first kappa shape index (κ1) is 16.2. The average molecular weight is 337 g/mol. The summed E-state index contributed by atoms with van der Waals surface area (Å²) in [6.45, 7) is 2.86. The highest BCUT2D eigenvalue weighted by Gasteiger charge is 2.29. The molecule has 120 valence electrons. The largest absolute Gasteiger partial charge is 0.302 e. The number of aromatic nitrogens is 2. The van der Waals surface area contributed by atoms with Crippen molar-refractivity contribution in [2.45, 2.75) is 24.7 Å². The Morgan fingerprint density at radius 3 is 2.38 bits per heavy atom. The van der Waals surface area contributed by atoms with Gasteiger partial charge in [-0.3, -0.25) is 9.40 Å². The summed E-state index contributed by atoms with van der Waals surface area (Å²) in [7, 11) is -6.41. The van der Waals surface area contributed by atoms with Crippen LogP contribution in [0.15, 0.2) is 11.1 Å². The number of hydrogen-bond donors (Lipinski definition) is 2. The van der Waals surface area contributed by atoms with Crippen molar-refractivity contribution in [1.29, 1.82) is 0 Å². The van der Waals surface area contributed by atoms with E-state index < -0.39 is 20.2 Å². The lowest BCUT2D eigenvalue weighted by atomic mass is 10.0. The molecule has 0 amide bonds. The van der Waals surface area contributed by atoms with Gasteiger partial charge < -0.3 is 0 Å². The minimum Gasteiger partial charge on any atom is -0.272 e. The third-order valence-corrected chi connectivity index (χ3v) is 5.82. The summed E-state index contributed by atoms with van der Waals surface area (Å²) < 4.78 is 52.1. The van der Waals surface area contributed by atoms with Crippen molar-refractivity contribution in [1.82, 2.24) is 14.1 Å². The van der Waals surface area contributed by atoms with E-state index in [2.05, 4.69) is 16.7 Å². The lowest BCUT2D eigenvalue weighted by Crippen LogP contribution is -2.41. The monoisotopic (exact) mass is 337 g/mol. The summed E-state index contributed by atoms with van der Waals surface area (Å²) in [5.41, 5.74) is 0. The van der Waals surface area contributed by atoms with E-state index in [0.717, 1.165) is 19.0 Å². The predicted octanol–water partition coefficient (Wildman–Crippen LogP) is -0.544. The number of nitrogens with one attached hydrogen (secondary N) is 1. The van der Waals surface area contributed by atoms with Crippen LogP contribution in [0.1, 0.15) is 19.8 Å². The normalized spacial score (nSPS) is 18.8. The molecule has 1 saturated heterocycles. The summed E-state index contributed by atoms with van der Waals surface area (Å²) in [6.07, 6.45) is 2.70. The molecule has 21 heavy (non-hydrogen) atoms. The highest BCUT2D eigenvalue weighted by molar-refractivity contribution is 7.91. The molecule has 0 bridgehead atoms. The summed E-state index contributed by atoms with van der Waals surface area (Å²) >= 11 is 0. The van der Waals surface area contributed by atoms with E-state index in [4.69, 9.17) is 5.14 Å². The van der Waals surface area contributed by atoms with Crippen LogP contribution in [-0.2, 0) is 27.3 Å². The van der Waals surface area contributed by atoms with Gasteiger partial charge in [-0.1, -0.05) is 6.92 Å². The molecular formula is C10H19N5O4S2. The highest BCUT2D eigenvalue weighted by atomic mass is 32.2. The molecule has 1 fully saturated rings. The maximum Gasteiger partial charge on any atom is 0.302 e. The van der Waals surface area contributed by atoms with Gasteiger partial charge in [0.2, 0.25) is 10.0 Å². The van der Waals surface area contributed by atoms with Crippen molar-refractivity contribution >= 4 is 26.1 Å². The van der Waals surface area contributed by atoms with Crippen molar-refractivity contribution in [2.24, 2.45) is 18.1 Å². The van der Waals surface area contributed by atoms with Crippen LogP contribution in [0.4, 0.5) is 5.82 Å². The second kappa shape index (κ2) is 5.55. The van der Waals surface area contributed by atoms with Crippen LogP contribution in [0.2, 0.25) is 0 Å². The maximum absolute atomic E-state index is 12.3. The SMILES string of the molecule is CC1CCN(S(=O)(=O)Nc2nn(C)cc2S(N)(=O)=O)CC1. The molecule has 2 heterocycles. The second-order valence-electron chi connectivity index (χ2n) is 5.25. The molecule has 0 spiro atoms. The molecule has 0 unspecified atom stereocenters. The fraction of sp³-hybridized carbons (Fsp3) is 0.700. The van der Waals surface area contributed by atoms with Crippen molar-refractivity contribution in [2.75, 3.05) is 17.8 Å². The fourth-order valence-corrected chi connectivity index (χ4v) is 4.10. The predicted molar refractivity (Wildman–Crippen MR) is 77.1 cm³/mol. The van der Waals surface area contributed by atoms with Crippen LogP contribution < -0.4 is 9.86 Å². The van der Waals surface area contributed by atoms with Gasteiger partial charge in [-0.15, -0.1) is 0 Å². The molecule has 3 N–H and O–H groups in total. The number of primary sulfonamides is 1. The van der Waals surface area contributed by atoms with E-state index >= 15 is 0 Å². The minimum absolute atomic E-state index is 0.279. The van der Waals surface area contributed by atoms with Crippen molar-refractivity contribution < 1.29 is 16.8 Å². The van der Waals surface area contributed by atoms with Gasteiger partial charge in [0.25, 0.3) is 0 Å². The van der Waals surface area contributed by atoms with Crippen LogP contribution in [0, 0.1) is 5.92 Å². The number of aryl methyl sites for hydroxylation is 1. The van der Waals surface area contributed by atoms with Crippen molar-refractivity contribution in [3.63, 3.8) is 0 Å². The van der Waals surface area contributed by atoms with Gasteiger partial charge in [0, 0.05) is 26.3 Å². The molecule has 0 atom stereocenters. The molecule has 11 heteroatoms. The number of anilines is 1. The first-order valence-electron chi connectivity index (χ1n) is 6.44. The lowest BCUT2D eigenvalue weighted by molar-refractivity contribution is 0.289. The van der Waals surface area contributed by atoms with Crippen LogP contribution in [0.25, 0.3) is 0 Å². The third-order valence-electron chi connectivity index (χ3n) is 3.41. The zero-order valence-corrected chi connectivity index (χ0v) is 13.5. The number of nitrogens with two attached hydrogens (primary N) is 1. The molecule has 1 aromatic rings. The summed E-state index contributed by atoms with van der Waals surface area (Å²) in [5, 5.41) is 8.87. The molecule has 0 aliphatic carbocycles. The first-order valence-corrected chi connectivity index (χ1v) is 9.42. The smallest absolute Gasteiger partial charge is 0.272 e. The Balaban J connectivity index is 2.25. The molecule has 0 saturated carbocycles. The molecule has 0 radical (unpaired) electrons. The second-order valence-corrected chi connectivity index (χ2v) is 8.45. The van der Waals surface area contributed by atoms with E-state index in [1.54, 1.807) is 0 Å². The van der Waals surface area contributed by atoms with E-state index in [1.807, 2.05) is 0 Å². The van der Waals surface area contributed by atoms with Crippen molar-refractivity contribution in [3.8, 4) is 0 Å². The van der Waals surface area contributed by atoms with Crippen LogP contribution in [0.3, 0.4) is 0 Å². The quantitative estimate of drug-likeness (QED) is 0.762. The van der Waals surface area contributed by atoms with E-state index in [0.29, 0.717) is 19.0 Å². The van der Waals surface area contributed by atoms with Crippen LogP contribution >= 0.6 is 0 Å². The van der Waals surface area contributed by atoms with Crippen LogP contribution in [-0.4, -0.2) is 44.0 Å². The van der Waals surface area contributed by atoms with E-state index in [1.165, 1.54) is 16.0 Å². The molecule has 1 aliphatic rings. The summed E-state index contributed by atoms with van der Waals surface area (Å²) in [5.74, 6) is 0.199. The lowest BCUT2D eigenvalue weighted by Gasteiger charge is -2.29. The Morgan fingerprint density at radius 2 is 1.86 bits per heavy atom. The van der Waals surface area contributed by atoms with Gasteiger partial charge in [-0.05, 0) is 18.8 Å². The average Bonchev–Trinajstić information content (AvgIpc) is 2.69. The molecule has 2 rings (SSSR count). The maximum atomic E-state index is 12.3. The van der Waals surface area contributed by atoms with Gasteiger partial charge in [0.05, 0.1) is 0 Å². The number of nitrogens with zero attached hydrogens (tertiary/aromatic N) is 3. The first-order chi connectivity index (χ1) is 9.59. The zero-order valence-electron chi connectivity index (χ0n) is 11.9. The Labute approximate surface area is 124 Å². The Morgan fingerprint density at radius 1 is 1.29 bits per heavy atom. The Kier molecular flexibility index (Phi) is 4.29. The Bertz CT molecular complexity index is 717. The molecule has 9 nitrogen and oxygen atoms in total. The third kappa shape index (κ3) is 3.73. The van der Waals surface area contributed by atoms with Gasteiger partial charge >= 0.3 is 10.2 Å². The molecule has 1 aromatic heterocycles. The van der Waals surface area contributed by atoms with Crippen molar-refractivity contribution in [3.05, 3.63) is 6.20 Å². The summed E-state index contributed by atoms with van der Waals surface area (Å²) in [6, 6.07) is 0. The molecular weight excluding hydrogens is 318 g/mol. The van der Waals surface area contributed by atoms with Gasteiger partial charge in [-0.2, -0.15) is 17.8 Å². The standard InChI is InChI=1S/C10H19N5O4S2/c1-8-3-5-15(6-4-8)21(18,19)13-10-9(20(11,16)17)7-14(2)12-10/h7-8H,3-6H2,1-2H3,(H,12,13)(H2,11,16,17). The van der Waals surface area contributed by atoms with E-state index in [-0.39, 0.29) is 10.7 Å². The highest BCUT2D eigenvalue weighted by Crippen LogP contribution is 2.23. The minimum atomic E-state index is -4.05.